The molecule has 5 heteroatoms. The summed E-state index contributed by atoms with van der Waals surface area (Å²) in [7, 11) is 0. The van der Waals surface area contributed by atoms with Crippen LogP contribution in [0.25, 0.3) is 0 Å². The summed E-state index contributed by atoms with van der Waals surface area (Å²) in [6.07, 6.45) is 6.38. The number of nitrogens with zero attached hydrogens (tertiary/aromatic N) is 1. The molecule has 92 valence electrons. The quantitative estimate of drug-likeness (QED) is 0.463. The van der Waals surface area contributed by atoms with E-state index in [9.17, 15) is 10.1 Å². The van der Waals surface area contributed by atoms with Crippen LogP contribution in [0.4, 0.5) is 5.69 Å². The summed E-state index contributed by atoms with van der Waals surface area (Å²) >= 11 is 1.32. The minimum absolute atomic E-state index is 0.118. The average Bonchev–Trinajstić information content (AvgIpc) is 2.38. The Bertz CT molecular complexity index is 374. The van der Waals surface area contributed by atoms with Gasteiger partial charge >= 0.3 is 0 Å². The molecular formula is C12H15NO3S. The maximum absolute atomic E-state index is 10.5. The van der Waals surface area contributed by atoms with Crippen LogP contribution in [0.1, 0.15) is 32.1 Å². The molecule has 0 radical (unpaired) electrons. The Kier molecular flexibility index (Phi) is 4.39. The predicted octanol–water partition coefficient (Wildman–Crippen LogP) is 3.95. The van der Waals surface area contributed by atoms with Gasteiger partial charge < -0.3 is 4.18 Å². The number of benzene rings is 1. The first kappa shape index (κ1) is 12.4. The highest BCUT2D eigenvalue weighted by Crippen LogP contribution is 2.28. The zero-order valence-corrected chi connectivity index (χ0v) is 10.3. The lowest BCUT2D eigenvalue weighted by molar-refractivity contribution is -0.384. The third-order valence-corrected chi connectivity index (χ3v) is 3.71. The fourth-order valence-corrected chi connectivity index (χ4v) is 2.60. The Hall–Kier alpha value is -1.07. The van der Waals surface area contributed by atoms with Crippen molar-refractivity contribution in [2.75, 3.05) is 0 Å². The molecule has 0 bridgehead atoms. The highest BCUT2D eigenvalue weighted by atomic mass is 32.2. The van der Waals surface area contributed by atoms with Gasteiger partial charge in [0.1, 0.15) is 0 Å². The molecule has 0 atom stereocenters. The first-order valence-electron chi connectivity index (χ1n) is 5.83. The SMILES string of the molecule is O=[N+]([O-])c1ccc(SOC2CCCCC2)cc1. The van der Waals surface area contributed by atoms with Crippen LogP contribution in [-0.4, -0.2) is 11.0 Å². The Morgan fingerprint density at radius 1 is 1.18 bits per heavy atom. The van der Waals surface area contributed by atoms with E-state index in [2.05, 4.69) is 0 Å². The highest BCUT2D eigenvalue weighted by molar-refractivity contribution is 7.94. The van der Waals surface area contributed by atoms with Crippen LogP contribution in [0.3, 0.4) is 0 Å². The summed E-state index contributed by atoms with van der Waals surface area (Å²) < 4.78 is 5.72. The van der Waals surface area contributed by atoms with Crippen molar-refractivity contribution >= 4 is 17.7 Å². The highest BCUT2D eigenvalue weighted by Gasteiger charge is 2.14. The third kappa shape index (κ3) is 3.71. The minimum Gasteiger partial charge on any atom is -0.307 e. The van der Waals surface area contributed by atoms with Gasteiger partial charge in [0.25, 0.3) is 5.69 Å². The van der Waals surface area contributed by atoms with Crippen molar-refractivity contribution in [1.82, 2.24) is 0 Å². The molecule has 17 heavy (non-hydrogen) atoms. The molecule has 0 unspecified atom stereocenters. The predicted molar refractivity (Wildman–Crippen MR) is 66.9 cm³/mol. The second kappa shape index (κ2) is 6.02. The van der Waals surface area contributed by atoms with E-state index < -0.39 is 4.92 Å². The maximum atomic E-state index is 10.5. The van der Waals surface area contributed by atoms with E-state index in [-0.39, 0.29) is 5.69 Å². The lowest BCUT2D eigenvalue weighted by atomic mass is 9.98. The standard InChI is InChI=1S/C12H15NO3S/c14-13(15)10-6-8-12(9-7-10)17-16-11-4-2-1-3-5-11/h6-9,11H,1-5H2. The van der Waals surface area contributed by atoms with Crippen molar-refractivity contribution in [2.45, 2.75) is 43.1 Å². The normalized spacial score (nSPS) is 16.9. The van der Waals surface area contributed by atoms with E-state index in [1.807, 2.05) is 0 Å². The van der Waals surface area contributed by atoms with Crippen LogP contribution in [0, 0.1) is 10.1 Å². The zero-order chi connectivity index (χ0) is 12.1. The van der Waals surface area contributed by atoms with Gasteiger partial charge in [-0.1, -0.05) is 19.3 Å². The molecule has 1 aliphatic rings. The molecule has 0 spiro atoms. The Morgan fingerprint density at radius 2 is 1.82 bits per heavy atom. The van der Waals surface area contributed by atoms with Crippen molar-refractivity contribution in [2.24, 2.45) is 0 Å². The van der Waals surface area contributed by atoms with Crippen LogP contribution in [0.2, 0.25) is 0 Å². The van der Waals surface area contributed by atoms with Gasteiger partial charge in [0, 0.05) is 29.1 Å². The van der Waals surface area contributed by atoms with Gasteiger partial charge in [0.05, 0.1) is 11.0 Å². The molecule has 0 aromatic heterocycles. The Balaban J connectivity index is 1.84. The monoisotopic (exact) mass is 253 g/mol. The Labute approximate surface area is 105 Å². The second-order valence-corrected chi connectivity index (χ2v) is 5.02. The number of nitro benzene ring substituents is 1. The smallest absolute Gasteiger partial charge is 0.269 e. The molecule has 1 saturated carbocycles. The topological polar surface area (TPSA) is 52.4 Å². The lowest BCUT2D eigenvalue weighted by Crippen LogP contribution is -2.12. The molecule has 2 rings (SSSR count). The molecular weight excluding hydrogens is 238 g/mol. The van der Waals surface area contributed by atoms with Crippen molar-refractivity contribution < 1.29 is 9.11 Å². The summed E-state index contributed by atoms with van der Waals surface area (Å²) in [6, 6.07) is 6.47. The molecule has 0 aliphatic heterocycles. The second-order valence-electron chi connectivity index (χ2n) is 4.19. The summed E-state index contributed by atoms with van der Waals surface area (Å²) in [6.45, 7) is 0. The van der Waals surface area contributed by atoms with E-state index in [4.69, 9.17) is 4.18 Å². The fourth-order valence-electron chi connectivity index (χ4n) is 1.91. The van der Waals surface area contributed by atoms with Crippen LogP contribution < -0.4 is 0 Å². The summed E-state index contributed by atoms with van der Waals surface area (Å²) in [5.41, 5.74) is 0.118. The molecule has 1 aliphatic carbocycles. The molecule has 1 fully saturated rings. The number of rotatable bonds is 4. The van der Waals surface area contributed by atoms with E-state index >= 15 is 0 Å². The van der Waals surface area contributed by atoms with Gasteiger partial charge in [-0.3, -0.25) is 10.1 Å². The molecule has 0 amide bonds. The van der Waals surface area contributed by atoms with Gasteiger partial charge in [0.2, 0.25) is 0 Å². The Morgan fingerprint density at radius 3 is 2.41 bits per heavy atom. The number of non-ortho nitro benzene ring substituents is 1. The number of nitro groups is 1. The van der Waals surface area contributed by atoms with Crippen molar-refractivity contribution in [3.63, 3.8) is 0 Å². The maximum Gasteiger partial charge on any atom is 0.269 e. The molecule has 1 aromatic carbocycles. The summed E-state index contributed by atoms with van der Waals surface area (Å²) in [5, 5.41) is 10.5. The van der Waals surface area contributed by atoms with Crippen LogP contribution in [-0.2, 0) is 4.18 Å². The largest absolute Gasteiger partial charge is 0.307 e. The van der Waals surface area contributed by atoms with E-state index in [0.717, 1.165) is 17.7 Å². The van der Waals surface area contributed by atoms with E-state index in [1.165, 1.54) is 43.4 Å². The molecule has 1 aromatic rings. The van der Waals surface area contributed by atoms with Crippen LogP contribution >= 0.6 is 12.0 Å². The molecule has 0 heterocycles. The average molecular weight is 253 g/mol. The zero-order valence-electron chi connectivity index (χ0n) is 9.50. The summed E-state index contributed by atoms with van der Waals surface area (Å²) in [4.78, 5) is 11.0. The first-order valence-corrected chi connectivity index (χ1v) is 6.57. The molecule has 4 nitrogen and oxygen atoms in total. The van der Waals surface area contributed by atoms with Gasteiger partial charge in [-0.05, 0) is 25.0 Å². The number of hydrogen-bond acceptors (Lipinski definition) is 4. The number of hydrogen-bond donors (Lipinski definition) is 0. The van der Waals surface area contributed by atoms with Crippen LogP contribution in [0.15, 0.2) is 29.2 Å². The van der Waals surface area contributed by atoms with Gasteiger partial charge in [0.15, 0.2) is 0 Å². The van der Waals surface area contributed by atoms with Gasteiger partial charge in [-0.25, -0.2) is 0 Å². The van der Waals surface area contributed by atoms with Crippen LogP contribution in [0.5, 0.6) is 0 Å². The summed E-state index contributed by atoms with van der Waals surface area (Å²) in [5.74, 6) is 0. The van der Waals surface area contributed by atoms with Gasteiger partial charge in [-0.15, -0.1) is 0 Å². The van der Waals surface area contributed by atoms with Gasteiger partial charge in [-0.2, -0.15) is 0 Å². The third-order valence-electron chi connectivity index (χ3n) is 2.88. The van der Waals surface area contributed by atoms with Crippen molar-refractivity contribution in [3.8, 4) is 0 Å². The van der Waals surface area contributed by atoms with Crippen molar-refractivity contribution in [1.29, 1.82) is 0 Å². The first-order chi connectivity index (χ1) is 8.25. The fraction of sp³-hybridized carbons (Fsp3) is 0.500. The molecule has 0 N–H and O–H groups in total. The minimum atomic E-state index is -0.392. The van der Waals surface area contributed by atoms with E-state index in [0.29, 0.717) is 6.10 Å². The molecule has 0 saturated heterocycles. The van der Waals surface area contributed by atoms with Crippen molar-refractivity contribution in [3.05, 3.63) is 34.4 Å². The van der Waals surface area contributed by atoms with E-state index in [1.54, 1.807) is 12.1 Å². The lowest BCUT2D eigenvalue weighted by Gasteiger charge is -2.20.